The van der Waals surface area contributed by atoms with E-state index in [0.29, 0.717) is 12.4 Å². The van der Waals surface area contributed by atoms with Gasteiger partial charge in [-0.2, -0.15) is 0 Å². The highest BCUT2D eigenvalue weighted by Crippen LogP contribution is 2.04. The third-order valence-electron chi connectivity index (χ3n) is 1.84. The average molecular weight is 210 g/mol. The van der Waals surface area contributed by atoms with E-state index in [2.05, 4.69) is 10.3 Å². The van der Waals surface area contributed by atoms with E-state index in [1.807, 2.05) is 0 Å². The number of aromatic carboxylic acids is 1. The summed E-state index contributed by atoms with van der Waals surface area (Å²) in [6, 6.07) is 3.17. The summed E-state index contributed by atoms with van der Waals surface area (Å²) >= 11 is 0. The minimum atomic E-state index is -0.964. The number of carboxylic acids is 1. The number of hydrogen-bond donors (Lipinski definition) is 2. The molecule has 0 saturated carbocycles. The van der Waals surface area contributed by atoms with Gasteiger partial charge in [-0.25, -0.2) is 9.78 Å². The van der Waals surface area contributed by atoms with Gasteiger partial charge in [-0.05, 0) is 18.6 Å². The zero-order valence-electron chi connectivity index (χ0n) is 8.56. The molecule has 1 aromatic heterocycles. The van der Waals surface area contributed by atoms with Crippen molar-refractivity contribution in [3.05, 3.63) is 23.9 Å². The van der Waals surface area contributed by atoms with E-state index in [0.717, 1.165) is 13.0 Å². The molecule has 0 bridgehead atoms. The Morgan fingerprint density at radius 3 is 2.93 bits per heavy atom. The number of rotatable bonds is 6. The predicted octanol–water partition coefficient (Wildman–Crippen LogP) is 1.23. The van der Waals surface area contributed by atoms with Crippen LogP contribution < -0.4 is 5.32 Å². The van der Waals surface area contributed by atoms with Gasteiger partial charge in [0.25, 0.3) is 0 Å². The molecule has 1 aromatic rings. The van der Waals surface area contributed by atoms with Gasteiger partial charge in [0.05, 0.1) is 5.56 Å². The van der Waals surface area contributed by atoms with Crippen molar-refractivity contribution in [2.75, 3.05) is 25.6 Å². The van der Waals surface area contributed by atoms with Gasteiger partial charge in [0.15, 0.2) is 0 Å². The van der Waals surface area contributed by atoms with Crippen molar-refractivity contribution in [3.63, 3.8) is 0 Å². The molecule has 0 aliphatic carbocycles. The quantitative estimate of drug-likeness (QED) is 0.691. The van der Waals surface area contributed by atoms with E-state index in [1.54, 1.807) is 13.2 Å². The Bertz CT molecular complexity index is 311. The predicted molar refractivity (Wildman–Crippen MR) is 56.2 cm³/mol. The zero-order valence-corrected chi connectivity index (χ0v) is 8.56. The first-order valence-corrected chi connectivity index (χ1v) is 4.66. The molecule has 0 amide bonds. The van der Waals surface area contributed by atoms with Gasteiger partial charge >= 0.3 is 5.97 Å². The number of methoxy groups -OCH3 is 1. The molecule has 0 aliphatic rings. The molecule has 0 atom stereocenters. The Hall–Kier alpha value is -1.62. The van der Waals surface area contributed by atoms with Crippen molar-refractivity contribution < 1.29 is 14.6 Å². The van der Waals surface area contributed by atoms with Gasteiger partial charge in [-0.1, -0.05) is 0 Å². The van der Waals surface area contributed by atoms with E-state index in [4.69, 9.17) is 9.84 Å². The Labute approximate surface area is 88.1 Å². The first-order valence-electron chi connectivity index (χ1n) is 4.66. The van der Waals surface area contributed by atoms with Crippen LogP contribution in [0.15, 0.2) is 18.3 Å². The Morgan fingerprint density at radius 2 is 2.40 bits per heavy atom. The van der Waals surface area contributed by atoms with Gasteiger partial charge in [0, 0.05) is 26.5 Å². The Morgan fingerprint density at radius 1 is 1.60 bits per heavy atom. The number of nitrogens with zero attached hydrogens (tertiary/aromatic N) is 1. The second kappa shape index (κ2) is 5.98. The van der Waals surface area contributed by atoms with Crippen molar-refractivity contribution in [2.24, 2.45) is 0 Å². The summed E-state index contributed by atoms with van der Waals surface area (Å²) in [5.74, 6) is -0.287. The van der Waals surface area contributed by atoms with Crippen molar-refractivity contribution in [3.8, 4) is 0 Å². The van der Waals surface area contributed by atoms with E-state index in [9.17, 15) is 4.79 Å². The SMILES string of the molecule is COCCCNc1ccc(C(=O)O)cn1. The first-order chi connectivity index (χ1) is 7.24. The van der Waals surface area contributed by atoms with Crippen LogP contribution in [-0.2, 0) is 4.74 Å². The number of aromatic nitrogens is 1. The van der Waals surface area contributed by atoms with Gasteiger partial charge in [-0.3, -0.25) is 0 Å². The number of carboxylic acid groups (broad SMARTS) is 1. The van der Waals surface area contributed by atoms with Crippen LogP contribution in [0.4, 0.5) is 5.82 Å². The molecule has 1 heterocycles. The molecule has 0 unspecified atom stereocenters. The van der Waals surface area contributed by atoms with Gasteiger partial charge in [0.2, 0.25) is 0 Å². The summed E-state index contributed by atoms with van der Waals surface area (Å²) in [4.78, 5) is 14.5. The first kappa shape index (κ1) is 11.5. The van der Waals surface area contributed by atoms with Crippen molar-refractivity contribution in [1.82, 2.24) is 4.98 Å². The molecule has 0 aliphatic heterocycles. The summed E-state index contributed by atoms with van der Waals surface area (Å²) in [5.41, 5.74) is 0.192. The van der Waals surface area contributed by atoms with E-state index in [1.165, 1.54) is 12.3 Å². The van der Waals surface area contributed by atoms with Crippen LogP contribution in [0.2, 0.25) is 0 Å². The van der Waals surface area contributed by atoms with Crippen LogP contribution in [0.25, 0.3) is 0 Å². The number of hydrogen-bond acceptors (Lipinski definition) is 4. The fraction of sp³-hybridized carbons (Fsp3) is 0.400. The van der Waals surface area contributed by atoms with Crippen molar-refractivity contribution in [1.29, 1.82) is 0 Å². The van der Waals surface area contributed by atoms with Crippen LogP contribution in [-0.4, -0.2) is 36.3 Å². The smallest absolute Gasteiger partial charge is 0.337 e. The fourth-order valence-corrected chi connectivity index (χ4v) is 1.06. The molecule has 1 rings (SSSR count). The minimum absolute atomic E-state index is 0.192. The maximum Gasteiger partial charge on any atom is 0.337 e. The second-order valence-electron chi connectivity index (χ2n) is 3.01. The monoisotopic (exact) mass is 210 g/mol. The zero-order chi connectivity index (χ0) is 11.1. The molecular weight excluding hydrogens is 196 g/mol. The molecule has 5 heteroatoms. The second-order valence-corrected chi connectivity index (χ2v) is 3.01. The van der Waals surface area contributed by atoms with Gasteiger partial charge < -0.3 is 15.2 Å². The van der Waals surface area contributed by atoms with Crippen LogP contribution in [0, 0.1) is 0 Å². The normalized spacial score (nSPS) is 9.93. The molecule has 0 saturated heterocycles. The molecular formula is C10H14N2O3. The number of carbonyl (C=O) groups is 1. The number of ether oxygens (including phenoxy) is 1. The Kier molecular flexibility index (Phi) is 4.56. The van der Waals surface area contributed by atoms with Crippen LogP contribution in [0.5, 0.6) is 0 Å². The number of anilines is 1. The van der Waals surface area contributed by atoms with Crippen molar-refractivity contribution in [2.45, 2.75) is 6.42 Å². The van der Waals surface area contributed by atoms with Crippen LogP contribution in [0.1, 0.15) is 16.8 Å². The molecule has 0 fully saturated rings. The maximum absolute atomic E-state index is 10.5. The molecule has 15 heavy (non-hydrogen) atoms. The van der Waals surface area contributed by atoms with Gasteiger partial charge in [0.1, 0.15) is 5.82 Å². The fourth-order valence-electron chi connectivity index (χ4n) is 1.06. The summed E-state index contributed by atoms with van der Waals surface area (Å²) in [5, 5.41) is 11.7. The lowest BCUT2D eigenvalue weighted by atomic mass is 10.3. The summed E-state index contributed by atoms with van der Waals surface area (Å²) in [7, 11) is 1.65. The van der Waals surface area contributed by atoms with E-state index in [-0.39, 0.29) is 5.56 Å². The lowest BCUT2D eigenvalue weighted by Gasteiger charge is -2.04. The summed E-state index contributed by atoms with van der Waals surface area (Å²) < 4.78 is 4.89. The number of pyridine rings is 1. The van der Waals surface area contributed by atoms with Crippen molar-refractivity contribution >= 4 is 11.8 Å². The molecule has 0 spiro atoms. The van der Waals surface area contributed by atoms with E-state index < -0.39 is 5.97 Å². The standard InChI is InChI=1S/C10H14N2O3/c1-15-6-2-5-11-9-4-3-8(7-12-9)10(13)14/h3-4,7H,2,5-6H2,1H3,(H,11,12)(H,13,14). The number of nitrogens with one attached hydrogen (secondary N) is 1. The average Bonchev–Trinajstić information content (AvgIpc) is 2.25. The third-order valence-corrected chi connectivity index (χ3v) is 1.84. The van der Waals surface area contributed by atoms with E-state index >= 15 is 0 Å². The molecule has 0 radical (unpaired) electrons. The highest BCUT2D eigenvalue weighted by molar-refractivity contribution is 5.87. The van der Waals surface area contributed by atoms with Gasteiger partial charge in [-0.15, -0.1) is 0 Å². The topological polar surface area (TPSA) is 71.5 Å². The van der Waals surface area contributed by atoms with Crippen LogP contribution >= 0.6 is 0 Å². The molecule has 0 aromatic carbocycles. The largest absolute Gasteiger partial charge is 0.478 e. The summed E-state index contributed by atoms with van der Waals surface area (Å²) in [6.07, 6.45) is 2.22. The molecule has 5 nitrogen and oxygen atoms in total. The molecule has 82 valence electrons. The highest BCUT2D eigenvalue weighted by Gasteiger charge is 2.01. The maximum atomic E-state index is 10.5. The molecule has 2 N–H and O–H groups in total. The lowest BCUT2D eigenvalue weighted by Crippen LogP contribution is -2.06. The van der Waals surface area contributed by atoms with Crippen LogP contribution in [0.3, 0.4) is 0 Å². The third kappa shape index (κ3) is 3.95. The lowest BCUT2D eigenvalue weighted by molar-refractivity contribution is 0.0696. The minimum Gasteiger partial charge on any atom is -0.478 e. The summed E-state index contributed by atoms with van der Waals surface area (Å²) in [6.45, 7) is 1.45. The highest BCUT2D eigenvalue weighted by atomic mass is 16.5. The Balaban J connectivity index is 2.39.